The Bertz CT molecular complexity index is 731. The summed E-state index contributed by atoms with van der Waals surface area (Å²) in [6.45, 7) is 5.75. The van der Waals surface area contributed by atoms with E-state index in [1.54, 1.807) is 18.2 Å². The molecule has 0 spiro atoms. The van der Waals surface area contributed by atoms with Crippen molar-refractivity contribution in [3.63, 3.8) is 0 Å². The minimum Gasteiger partial charge on any atom is -0.339 e. The fourth-order valence-electron chi connectivity index (χ4n) is 4.12. The number of amides is 1. The third-order valence-electron chi connectivity index (χ3n) is 5.71. The van der Waals surface area contributed by atoms with Crippen LogP contribution in [0.15, 0.2) is 23.1 Å². The van der Waals surface area contributed by atoms with Crippen molar-refractivity contribution in [1.82, 2.24) is 10.2 Å². The molecule has 5 nitrogen and oxygen atoms in total. The van der Waals surface area contributed by atoms with Gasteiger partial charge in [0.05, 0.1) is 4.90 Å². The van der Waals surface area contributed by atoms with Gasteiger partial charge in [-0.3, -0.25) is 4.79 Å². The standard InChI is InChI=1S/C19H28N2O3S/c1-3-14-4-5-17(25(2,23)24)12-18(14)19(22)21-10-7-15(8-11-21)16-6-9-20-13-16/h4-5,12,15-16,20H,3,6-11,13H2,1-2H3. The van der Waals surface area contributed by atoms with E-state index in [9.17, 15) is 13.2 Å². The molecule has 25 heavy (non-hydrogen) atoms. The Kier molecular flexibility index (Phi) is 5.49. The van der Waals surface area contributed by atoms with Crippen LogP contribution in [0.4, 0.5) is 0 Å². The molecule has 1 atom stereocenters. The summed E-state index contributed by atoms with van der Waals surface area (Å²) in [5.74, 6) is 1.43. The molecule has 0 aromatic heterocycles. The monoisotopic (exact) mass is 364 g/mol. The molecule has 2 heterocycles. The number of sulfone groups is 1. The van der Waals surface area contributed by atoms with Gasteiger partial charge >= 0.3 is 0 Å². The number of hydrogen-bond donors (Lipinski definition) is 1. The maximum atomic E-state index is 13.0. The normalized spacial score (nSPS) is 22.3. The number of carbonyl (C=O) groups is 1. The van der Waals surface area contributed by atoms with Crippen LogP contribution >= 0.6 is 0 Å². The molecule has 0 bridgehead atoms. The lowest BCUT2D eigenvalue weighted by atomic mass is 9.83. The van der Waals surface area contributed by atoms with Gasteiger partial charge in [0.15, 0.2) is 9.84 Å². The van der Waals surface area contributed by atoms with Gasteiger partial charge in [0.25, 0.3) is 5.91 Å². The van der Waals surface area contributed by atoms with Crippen molar-refractivity contribution in [2.45, 2.75) is 37.5 Å². The van der Waals surface area contributed by atoms with Crippen LogP contribution < -0.4 is 5.32 Å². The Morgan fingerprint density at radius 1 is 1.20 bits per heavy atom. The smallest absolute Gasteiger partial charge is 0.254 e. The van der Waals surface area contributed by atoms with Gasteiger partial charge in [-0.2, -0.15) is 0 Å². The first-order valence-corrected chi connectivity index (χ1v) is 11.1. The number of nitrogens with one attached hydrogen (secondary N) is 1. The van der Waals surface area contributed by atoms with Crippen molar-refractivity contribution in [3.8, 4) is 0 Å². The summed E-state index contributed by atoms with van der Waals surface area (Å²) in [5.41, 5.74) is 1.46. The third kappa shape index (κ3) is 4.06. The molecule has 6 heteroatoms. The summed E-state index contributed by atoms with van der Waals surface area (Å²) in [4.78, 5) is 15.1. The Morgan fingerprint density at radius 3 is 2.48 bits per heavy atom. The lowest BCUT2D eigenvalue weighted by Crippen LogP contribution is -2.40. The molecule has 2 aliphatic heterocycles. The van der Waals surface area contributed by atoms with Gasteiger partial charge in [0.2, 0.25) is 0 Å². The van der Waals surface area contributed by atoms with E-state index >= 15 is 0 Å². The molecule has 1 aromatic rings. The number of piperidine rings is 1. The van der Waals surface area contributed by atoms with E-state index < -0.39 is 9.84 Å². The van der Waals surface area contributed by atoms with Crippen molar-refractivity contribution in [2.24, 2.45) is 11.8 Å². The first-order valence-electron chi connectivity index (χ1n) is 9.23. The highest BCUT2D eigenvalue weighted by Gasteiger charge is 2.31. The zero-order valence-corrected chi connectivity index (χ0v) is 15.9. The van der Waals surface area contributed by atoms with Gasteiger partial charge < -0.3 is 10.2 Å². The van der Waals surface area contributed by atoms with Gasteiger partial charge in [0, 0.05) is 24.9 Å². The largest absolute Gasteiger partial charge is 0.339 e. The summed E-state index contributed by atoms with van der Waals surface area (Å²) in [6, 6.07) is 4.94. The number of nitrogens with zero attached hydrogens (tertiary/aromatic N) is 1. The van der Waals surface area contributed by atoms with E-state index in [2.05, 4.69) is 5.32 Å². The van der Waals surface area contributed by atoms with Crippen molar-refractivity contribution < 1.29 is 13.2 Å². The minimum absolute atomic E-state index is 0.0228. The molecule has 2 fully saturated rings. The van der Waals surface area contributed by atoms with E-state index in [1.807, 2.05) is 11.8 Å². The number of hydrogen-bond acceptors (Lipinski definition) is 4. The second-order valence-corrected chi connectivity index (χ2v) is 9.34. The number of benzene rings is 1. The van der Waals surface area contributed by atoms with Crippen LogP contribution in [0.2, 0.25) is 0 Å². The second kappa shape index (κ2) is 7.46. The predicted molar refractivity (Wildman–Crippen MR) is 98.5 cm³/mol. The Morgan fingerprint density at radius 2 is 1.92 bits per heavy atom. The summed E-state index contributed by atoms with van der Waals surface area (Å²) in [5, 5.41) is 3.43. The second-order valence-electron chi connectivity index (χ2n) is 7.33. The van der Waals surface area contributed by atoms with Crippen LogP contribution in [0.1, 0.15) is 42.1 Å². The van der Waals surface area contributed by atoms with Crippen molar-refractivity contribution >= 4 is 15.7 Å². The molecule has 1 aromatic carbocycles. The van der Waals surface area contributed by atoms with Gasteiger partial charge in [-0.25, -0.2) is 8.42 Å². The summed E-state index contributed by atoms with van der Waals surface area (Å²) in [7, 11) is -3.31. The van der Waals surface area contributed by atoms with Crippen molar-refractivity contribution in [3.05, 3.63) is 29.3 Å². The molecule has 3 rings (SSSR count). The average molecular weight is 365 g/mol. The molecule has 0 saturated carbocycles. The minimum atomic E-state index is -3.31. The van der Waals surface area contributed by atoms with E-state index in [-0.39, 0.29) is 10.8 Å². The molecule has 2 aliphatic rings. The quantitative estimate of drug-likeness (QED) is 0.889. The number of rotatable bonds is 4. The molecule has 1 N–H and O–H groups in total. The molecular weight excluding hydrogens is 336 g/mol. The lowest BCUT2D eigenvalue weighted by Gasteiger charge is -2.35. The Labute approximate surface area is 150 Å². The zero-order chi connectivity index (χ0) is 18.0. The first-order chi connectivity index (χ1) is 11.9. The van der Waals surface area contributed by atoms with Crippen LogP contribution in [0, 0.1) is 11.8 Å². The maximum Gasteiger partial charge on any atom is 0.254 e. The highest BCUT2D eigenvalue weighted by atomic mass is 32.2. The number of likely N-dealkylation sites (tertiary alicyclic amines) is 1. The van der Waals surface area contributed by atoms with E-state index in [0.29, 0.717) is 11.5 Å². The van der Waals surface area contributed by atoms with Crippen LogP contribution in [0.5, 0.6) is 0 Å². The first kappa shape index (κ1) is 18.4. The molecule has 138 valence electrons. The Balaban J connectivity index is 1.74. The van der Waals surface area contributed by atoms with Gasteiger partial charge in [-0.05, 0) is 68.3 Å². The highest BCUT2D eigenvalue weighted by molar-refractivity contribution is 7.90. The molecule has 1 amide bonds. The van der Waals surface area contributed by atoms with Crippen LogP contribution in [-0.4, -0.2) is 51.7 Å². The van der Waals surface area contributed by atoms with Gasteiger partial charge in [-0.1, -0.05) is 13.0 Å². The van der Waals surface area contributed by atoms with Gasteiger partial charge in [-0.15, -0.1) is 0 Å². The van der Waals surface area contributed by atoms with E-state index in [4.69, 9.17) is 0 Å². The summed E-state index contributed by atoms with van der Waals surface area (Å²) >= 11 is 0. The topological polar surface area (TPSA) is 66.5 Å². The summed E-state index contributed by atoms with van der Waals surface area (Å²) < 4.78 is 23.7. The van der Waals surface area contributed by atoms with Crippen LogP contribution in [-0.2, 0) is 16.3 Å². The summed E-state index contributed by atoms with van der Waals surface area (Å²) in [6.07, 6.45) is 5.24. The molecular formula is C19H28N2O3S. The fourth-order valence-corrected chi connectivity index (χ4v) is 4.76. The van der Waals surface area contributed by atoms with Crippen LogP contribution in [0.25, 0.3) is 0 Å². The predicted octanol–water partition coefficient (Wildman–Crippen LogP) is 2.11. The maximum absolute atomic E-state index is 13.0. The lowest BCUT2D eigenvalue weighted by molar-refractivity contribution is 0.0662. The molecule has 0 aliphatic carbocycles. The van der Waals surface area contributed by atoms with Crippen LogP contribution in [0.3, 0.4) is 0 Å². The average Bonchev–Trinajstić information content (AvgIpc) is 3.14. The third-order valence-corrected chi connectivity index (χ3v) is 6.82. The van der Waals surface area contributed by atoms with Gasteiger partial charge in [0.1, 0.15) is 0 Å². The number of carbonyl (C=O) groups excluding carboxylic acids is 1. The Hall–Kier alpha value is -1.40. The molecule has 1 unspecified atom stereocenters. The SMILES string of the molecule is CCc1ccc(S(C)(=O)=O)cc1C(=O)N1CCC(C2CCNC2)CC1. The van der Waals surface area contributed by atoms with Crippen molar-refractivity contribution in [2.75, 3.05) is 32.4 Å². The number of aryl methyl sites for hydroxylation is 1. The highest BCUT2D eigenvalue weighted by Crippen LogP contribution is 2.30. The van der Waals surface area contributed by atoms with Crippen molar-refractivity contribution in [1.29, 1.82) is 0 Å². The fraction of sp³-hybridized carbons (Fsp3) is 0.632. The molecule has 0 radical (unpaired) electrons. The zero-order valence-electron chi connectivity index (χ0n) is 15.1. The molecule has 2 saturated heterocycles. The van der Waals surface area contributed by atoms with E-state index in [1.165, 1.54) is 12.7 Å². The van der Waals surface area contributed by atoms with E-state index in [0.717, 1.165) is 56.9 Å².